The molecule has 0 aliphatic carbocycles. The molecule has 0 saturated heterocycles. The fraction of sp³-hybridized carbons (Fsp3) is 0.111. The molecule has 0 spiro atoms. The van der Waals surface area contributed by atoms with Crippen LogP contribution in [0.1, 0.15) is 12.0 Å². The van der Waals surface area contributed by atoms with Gasteiger partial charge in [-0.2, -0.15) is 5.26 Å². The molecule has 30 heavy (non-hydrogen) atoms. The van der Waals surface area contributed by atoms with Gasteiger partial charge in [0.1, 0.15) is 0 Å². The number of nitrogens with one attached hydrogen (secondary N) is 1. The van der Waals surface area contributed by atoms with Crippen molar-refractivity contribution >= 4 is 5.69 Å². The van der Waals surface area contributed by atoms with Crippen molar-refractivity contribution in [2.45, 2.75) is 12.8 Å². The highest BCUT2D eigenvalue weighted by molar-refractivity contribution is 5.83. The largest absolute Gasteiger partial charge is 0.388 e. The van der Waals surface area contributed by atoms with Crippen LogP contribution in [0.25, 0.3) is 33.6 Å². The molecule has 4 aromatic rings. The number of anilines is 1. The molecular formula is C27H23N3. The maximum Gasteiger partial charge on any atom is 0.0715 e. The summed E-state index contributed by atoms with van der Waals surface area (Å²) in [7, 11) is 1.93. The highest BCUT2D eigenvalue weighted by atomic mass is 14.8. The van der Waals surface area contributed by atoms with Gasteiger partial charge in [0, 0.05) is 35.8 Å². The Labute approximate surface area is 177 Å². The van der Waals surface area contributed by atoms with E-state index in [9.17, 15) is 0 Å². The molecule has 0 amide bonds. The molecule has 0 aliphatic heterocycles. The van der Waals surface area contributed by atoms with Crippen molar-refractivity contribution in [3.63, 3.8) is 0 Å². The molecule has 0 saturated carbocycles. The third kappa shape index (κ3) is 4.24. The van der Waals surface area contributed by atoms with E-state index in [0.29, 0.717) is 6.42 Å². The molecule has 1 N–H and O–H groups in total. The van der Waals surface area contributed by atoms with Crippen LogP contribution < -0.4 is 5.32 Å². The lowest BCUT2D eigenvalue weighted by Crippen LogP contribution is -1.96. The molecule has 0 fully saturated rings. The molecule has 0 bridgehead atoms. The van der Waals surface area contributed by atoms with Crippen LogP contribution in [0.5, 0.6) is 0 Å². The number of aromatic nitrogens is 1. The Balaban J connectivity index is 1.86. The van der Waals surface area contributed by atoms with Crippen molar-refractivity contribution in [2.75, 3.05) is 12.4 Å². The Kier molecular flexibility index (Phi) is 5.87. The third-order valence-corrected chi connectivity index (χ3v) is 5.15. The second kappa shape index (κ2) is 9.07. The second-order valence-corrected chi connectivity index (χ2v) is 7.15. The zero-order valence-corrected chi connectivity index (χ0v) is 17.0. The van der Waals surface area contributed by atoms with Crippen molar-refractivity contribution in [1.82, 2.24) is 4.98 Å². The molecule has 146 valence electrons. The number of nitrogens with zero attached hydrogens (tertiary/aromatic N) is 2. The van der Waals surface area contributed by atoms with Crippen molar-refractivity contribution in [2.24, 2.45) is 0 Å². The molecule has 0 unspecified atom stereocenters. The van der Waals surface area contributed by atoms with E-state index >= 15 is 0 Å². The van der Waals surface area contributed by atoms with Crippen LogP contribution in [0.3, 0.4) is 0 Å². The minimum atomic E-state index is 0.522. The molecule has 0 aliphatic rings. The lowest BCUT2D eigenvalue weighted by molar-refractivity contribution is 1.01. The van der Waals surface area contributed by atoms with Gasteiger partial charge in [-0.1, -0.05) is 72.8 Å². The number of hydrogen-bond acceptors (Lipinski definition) is 3. The Morgan fingerprint density at radius 1 is 0.767 bits per heavy atom. The quantitative estimate of drug-likeness (QED) is 0.405. The molecule has 1 heterocycles. The standard InChI is InChI=1S/C27H23N3/c1-29-27-17-20(9-8-16-28)14-15-24(27)23-18-25(21-10-4-2-5-11-21)30-26(19-23)22-12-6-3-7-13-22/h2-7,10-15,17-19,29H,8-9H2,1H3. The van der Waals surface area contributed by atoms with Crippen LogP contribution in [0, 0.1) is 11.3 Å². The molecule has 1 aromatic heterocycles. The number of benzene rings is 3. The fourth-order valence-electron chi connectivity index (χ4n) is 3.61. The maximum absolute atomic E-state index is 8.89. The van der Waals surface area contributed by atoms with Crippen LogP contribution in [0.4, 0.5) is 5.69 Å². The van der Waals surface area contributed by atoms with Gasteiger partial charge in [-0.3, -0.25) is 0 Å². The van der Waals surface area contributed by atoms with Gasteiger partial charge < -0.3 is 5.32 Å². The summed E-state index contributed by atoms with van der Waals surface area (Å²) in [6.07, 6.45) is 1.28. The lowest BCUT2D eigenvalue weighted by atomic mass is 9.97. The topological polar surface area (TPSA) is 48.7 Å². The molecule has 4 rings (SSSR count). The first kappa shape index (κ1) is 19.4. The predicted octanol–water partition coefficient (Wildman–Crippen LogP) is 6.58. The van der Waals surface area contributed by atoms with Crippen molar-refractivity contribution in [3.05, 3.63) is 96.6 Å². The van der Waals surface area contributed by atoms with E-state index in [0.717, 1.165) is 51.3 Å². The summed E-state index contributed by atoms with van der Waals surface area (Å²) in [4.78, 5) is 4.96. The minimum Gasteiger partial charge on any atom is -0.388 e. The van der Waals surface area contributed by atoms with Gasteiger partial charge in [0.05, 0.1) is 17.5 Å². The van der Waals surface area contributed by atoms with Crippen molar-refractivity contribution in [3.8, 4) is 39.7 Å². The lowest BCUT2D eigenvalue weighted by Gasteiger charge is -2.14. The zero-order chi connectivity index (χ0) is 20.8. The van der Waals surface area contributed by atoms with E-state index in [2.05, 4.69) is 66.0 Å². The zero-order valence-electron chi connectivity index (χ0n) is 17.0. The van der Waals surface area contributed by atoms with Gasteiger partial charge >= 0.3 is 0 Å². The normalized spacial score (nSPS) is 10.4. The summed E-state index contributed by atoms with van der Waals surface area (Å²) in [5.74, 6) is 0. The van der Waals surface area contributed by atoms with Crippen molar-refractivity contribution in [1.29, 1.82) is 5.26 Å². The second-order valence-electron chi connectivity index (χ2n) is 7.15. The van der Waals surface area contributed by atoms with Gasteiger partial charge in [0.25, 0.3) is 0 Å². The first-order valence-electron chi connectivity index (χ1n) is 10.1. The van der Waals surface area contributed by atoms with Crippen LogP contribution in [-0.4, -0.2) is 12.0 Å². The third-order valence-electron chi connectivity index (χ3n) is 5.15. The maximum atomic E-state index is 8.89. The number of aryl methyl sites for hydroxylation is 1. The first-order chi connectivity index (χ1) is 14.8. The van der Waals surface area contributed by atoms with Crippen LogP contribution in [0.15, 0.2) is 91.0 Å². The Bertz CT molecular complexity index is 1120. The predicted molar refractivity (Wildman–Crippen MR) is 124 cm³/mol. The number of nitriles is 1. The number of rotatable bonds is 6. The number of pyridine rings is 1. The molecule has 0 radical (unpaired) electrons. The minimum absolute atomic E-state index is 0.522. The van der Waals surface area contributed by atoms with Gasteiger partial charge in [-0.05, 0) is 35.7 Å². The summed E-state index contributed by atoms with van der Waals surface area (Å²) in [5.41, 5.74) is 8.51. The summed E-state index contributed by atoms with van der Waals surface area (Å²) in [6, 6.07) is 33.4. The van der Waals surface area contributed by atoms with Crippen LogP contribution >= 0.6 is 0 Å². The average Bonchev–Trinajstić information content (AvgIpc) is 2.83. The van der Waals surface area contributed by atoms with E-state index in [1.165, 1.54) is 0 Å². The molecule has 0 atom stereocenters. The van der Waals surface area contributed by atoms with E-state index < -0.39 is 0 Å². The van der Waals surface area contributed by atoms with Gasteiger partial charge in [0.2, 0.25) is 0 Å². The van der Waals surface area contributed by atoms with Gasteiger partial charge in [-0.15, -0.1) is 0 Å². The molecule has 3 aromatic carbocycles. The van der Waals surface area contributed by atoms with Gasteiger partial charge in [-0.25, -0.2) is 4.98 Å². The van der Waals surface area contributed by atoms with Crippen LogP contribution in [0.2, 0.25) is 0 Å². The molecule has 3 nitrogen and oxygen atoms in total. The number of hydrogen-bond donors (Lipinski definition) is 1. The fourth-order valence-corrected chi connectivity index (χ4v) is 3.61. The highest BCUT2D eigenvalue weighted by Crippen LogP contribution is 2.34. The Morgan fingerprint density at radius 3 is 1.90 bits per heavy atom. The van der Waals surface area contributed by atoms with E-state index in [-0.39, 0.29) is 0 Å². The van der Waals surface area contributed by atoms with Gasteiger partial charge in [0.15, 0.2) is 0 Å². The summed E-state index contributed by atoms with van der Waals surface area (Å²) >= 11 is 0. The molecular weight excluding hydrogens is 366 g/mol. The van der Waals surface area contributed by atoms with E-state index in [1.807, 2.05) is 43.4 Å². The Morgan fingerprint density at radius 2 is 1.37 bits per heavy atom. The summed E-state index contributed by atoms with van der Waals surface area (Å²) in [6.45, 7) is 0. The van der Waals surface area contributed by atoms with Crippen molar-refractivity contribution < 1.29 is 0 Å². The summed E-state index contributed by atoms with van der Waals surface area (Å²) in [5, 5.41) is 12.2. The first-order valence-corrected chi connectivity index (χ1v) is 10.1. The Hall–Kier alpha value is -3.90. The highest BCUT2D eigenvalue weighted by Gasteiger charge is 2.12. The monoisotopic (exact) mass is 389 g/mol. The molecule has 3 heteroatoms. The van der Waals surface area contributed by atoms with E-state index in [4.69, 9.17) is 10.2 Å². The van der Waals surface area contributed by atoms with E-state index in [1.54, 1.807) is 0 Å². The smallest absolute Gasteiger partial charge is 0.0715 e. The van der Waals surface area contributed by atoms with Crippen LogP contribution in [-0.2, 0) is 6.42 Å². The SMILES string of the molecule is CNc1cc(CCC#N)ccc1-c1cc(-c2ccccc2)nc(-c2ccccc2)c1. The average molecular weight is 390 g/mol. The summed E-state index contributed by atoms with van der Waals surface area (Å²) < 4.78 is 0.